The van der Waals surface area contributed by atoms with E-state index in [9.17, 15) is 9.59 Å². The van der Waals surface area contributed by atoms with Crippen molar-refractivity contribution < 1.29 is 14.3 Å². The molecule has 3 aliphatic heterocycles. The first-order chi connectivity index (χ1) is 11.6. The maximum absolute atomic E-state index is 12.7. The van der Waals surface area contributed by atoms with Gasteiger partial charge in [-0.05, 0) is 30.7 Å². The van der Waals surface area contributed by atoms with Crippen LogP contribution in [0.3, 0.4) is 0 Å². The smallest absolute Gasteiger partial charge is 0.327 e. The molecule has 0 unspecified atom stereocenters. The lowest BCUT2D eigenvalue weighted by Crippen LogP contribution is -2.44. The van der Waals surface area contributed by atoms with Gasteiger partial charge in [0.15, 0.2) is 0 Å². The Morgan fingerprint density at radius 3 is 2.58 bits per heavy atom. The van der Waals surface area contributed by atoms with Crippen LogP contribution in [0.25, 0.3) is 0 Å². The number of hydrogen-bond acceptors (Lipinski definition) is 4. The molecule has 0 aliphatic carbocycles. The van der Waals surface area contributed by atoms with Crippen LogP contribution >= 0.6 is 11.6 Å². The quantitative estimate of drug-likeness (QED) is 0.783. The van der Waals surface area contributed by atoms with Crippen molar-refractivity contribution in [1.82, 2.24) is 9.80 Å². The Labute approximate surface area is 145 Å². The number of carbonyl (C=O) groups is 2. The van der Waals surface area contributed by atoms with E-state index in [0.29, 0.717) is 24.5 Å². The summed E-state index contributed by atoms with van der Waals surface area (Å²) in [5.74, 6) is -0.0671. The molecular formula is C17H20ClN3O3. The highest BCUT2D eigenvalue weighted by molar-refractivity contribution is 6.30. The van der Waals surface area contributed by atoms with Gasteiger partial charge in [0.05, 0.1) is 12.1 Å². The molecule has 0 radical (unpaired) electrons. The minimum Gasteiger partial charge on any atom is -0.380 e. The van der Waals surface area contributed by atoms with Gasteiger partial charge in [-0.1, -0.05) is 11.6 Å². The molecule has 0 saturated carbocycles. The Morgan fingerprint density at radius 1 is 1.17 bits per heavy atom. The number of ether oxygens (including phenoxy) is 1. The first-order valence-electron chi connectivity index (χ1n) is 8.25. The van der Waals surface area contributed by atoms with Crippen molar-refractivity contribution in [3.8, 4) is 0 Å². The molecule has 128 valence electrons. The van der Waals surface area contributed by atoms with Crippen LogP contribution < -0.4 is 4.90 Å². The van der Waals surface area contributed by atoms with Crippen LogP contribution in [-0.2, 0) is 9.53 Å². The Balaban J connectivity index is 1.47. The lowest BCUT2D eigenvalue weighted by molar-refractivity contribution is -0.129. The minimum atomic E-state index is -0.341. The Morgan fingerprint density at radius 2 is 1.92 bits per heavy atom. The molecule has 24 heavy (non-hydrogen) atoms. The first kappa shape index (κ1) is 15.7. The highest BCUT2D eigenvalue weighted by Crippen LogP contribution is 2.33. The molecule has 0 spiro atoms. The standard InChI is InChI=1S/C17H20ClN3O3/c1-24-14-8-15-16(22)21(17(23)20(15)10-14)13-6-7-19(9-13)12-4-2-11(18)3-5-12/h2-5,13-15H,6-10H2,1H3/t13-,14-,15-/m1/s1. The van der Waals surface area contributed by atoms with E-state index in [1.807, 2.05) is 24.3 Å². The van der Waals surface area contributed by atoms with E-state index in [1.165, 1.54) is 4.90 Å². The van der Waals surface area contributed by atoms with Crippen LogP contribution in [0, 0.1) is 0 Å². The predicted octanol–water partition coefficient (Wildman–Crippen LogP) is 1.97. The summed E-state index contributed by atoms with van der Waals surface area (Å²) in [6.07, 6.45) is 1.37. The molecule has 4 rings (SSSR count). The number of rotatable bonds is 3. The number of nitrogens with zero attached hydrogens (tertiary/aromatic N) is 3. The molecule has 3 atom stereocenters. The molecule has 1 aromatic carbocycles. The summed E-state index contributed by atoms with van der Waals surface area (Å²) in [7, 11) is 1.63. The number of methoxy groups -OCH3 is 1. The van der Waals surface area contributed by atoms with Crippen molar-refractivity contribution in [2.45, 2.75) is 31.0 Å². The summed E-state index contributed by atoms with van der Waals surface area (Å²) < 4.78 is 5.31. The number of hydrogen-bond donors (Lipinski definition) is 0. The fourth-order valence-corrected chi connectivity index (χ4v) is 4.11. The average molecular weight is 350 g/mol. The third kappa shape index (κ3) is 2.45. The van der Waals surface area contributed by atoms with Crippen molar-refractivity contribution in [1.29, 1.82) is 0 Å². The van der Waals surface area contributed by atoms with E-state index < -0.39 is 0 Å². The predicted molar refractivity (Wildman–Crippen MR) is 90.2 cm³/mol. The van der Waals surface area contributed by atoms with E-state index >= 15 is 0 Å². The Kier molecular flexibility index (Phi) is 3.89. The van der Waals surface area contributed by atoms with Gasteiger partial charge in [0, 0.05) is 43.9 Å². The van der Waals surface area contributed by atoms with Crippen LogP contribution in [0.4, 0.5) is 10.5 Å². The molecule has 0 aromatic heterocycles. The highest BCUT2D eigenvalue weighted by atomic mass is 35.5. The summed E-state index contributed by atoms with van der Waals surface area (Å²) in [5, 5.41) is 0.702. The van der Waals surface area contributed by atoms with Gasteiger partial charge in [0.2, 0.25) is 0 Å². The summed E-state index contributed by atoms with van der Waals surface area (Å²) in [5.41, 5.74) is 1.07. The van der Waals surface area contributed by atoms with Gasteiger partial charge in [0.1, 0.15) is 6.04 Å². The van der Waals surface area contributed by atoms with Crippen LogP contribution in [-0.4, -0.2) is 66.7 Å². The van der Waals surface area contributed by atoms with Crippen LogP contribution in [0.5, 0.6) is 0 Å². The number of halogens is 1. The largest absolute Gasteiger partial charge is 0.380 e. The van der Waals surface area contributed by atoms with E-state index in [1.54, 1.807) is 12.0 Å². The van der Waals surface area contributed by atoms with Crippen LogP contribution in [0.2, 0.25) is 5.02 Å². The lowest BCUT2D eigenvalue weighted by atomic mass is 10.1. The molecule has 3 saturated heterocycles. The van der Waals surface area contributed by atoms with Crippen molar-refractivity contribution in [3.63, 3.8) is 0 Å². The third-order valence-corrected chi connectivity index (χ3v) is 5.54. The highest BCUT2D eigenvalue weighted by Gasteiger charge is 2.53. The lowest BCUT2D eigenvalue weighted by Gasteiger charge is -2.24. The minimum absolute atomic E-state index is 0.0285. The molecule has 0 N–H and O–H groups in total. The van der Waals surface area contributed by atoms with Gasteiger partial charge >= 0.3 is 6.03 Å². The topological polar surface area (TPSA) is 53.1 Å². The molecule has 3 aliphatic rings. The molecule has 3 fully saturated rings. The second-order valence-corrected chi connectivity index (χ2v) is 7.05. The fourth-order valence-electron chi connectivity index (χ4n) is 3.98. The van der Waals surface area contributed by atoms with Gasteiger partial charge in [-0.3, -0.25) is 9.69 Å². The summed E-state index contributed by atoms with van der Waals surface area (Å²) in [4.78, 5) is 30.7. The van der Waals surface area contributed by atoms with E-state index in [-0.39, 0.29) is 30.1 Å². The van der Waals surface area contributed by atoms with Crippen LogP contribution in [0.1, 0.15) is 12.8 Å². The summed E-state index contributed by atoms with van der Waals surface area (Å²) in [6.45, 7) is 2.01. The number of imide groups is 1. The second-order valence-electron chi connectivity index (χ2n) is 6.62. The average Bonchev–Trinajstić information content (AvgIpc) is 3.26. The van der Waals surface area contributed by atoms with E-state index in [0.717, 1.165) is 18.7 Å². The molecular weight excluding hydrogens is 330 g/mol. The number of amides is 3. The number of carbonyl (C=O) groups excluding carboxylic acids is 2. The molecule has 0 bridgehead atoms. The zero-order chi connectivity index (χ0) is 16.8. The number of anilines is 1. The molecule has 3 heterocycles. The van der Waals surface area contributed by atoms with Gasteiger partial charge in [-0.2, -0.15) is 0 Å². The van der Waals surface area contributed by atoms with Gasteiger partial charge in [-0.15, -0.1) is 0 Å². The zero-order valence-electron chi connectivity index (χ0n) is 13.5. The van der Waals surface area contributed by atoms with Crippen LogP contribution in [0.15, 0.2) is 24.3 Å². The Hall–Kier alpha value is -1.79. The second kappa shape index (κ2) is 5.93. The van der Waals surface area contributed by atoms with Gasteiger partial charge < -0.3 is 14.5 Å². The summed E-state index contributed by atoms with van der Waals surface area (Å²) >= 11 is 5.94. The summed E-state index contributed by atoms with van der Waals surface area (Å²) in [6, 6.07) is 7.10. The molecule has 7 heteroatoms. The monoisotopic (exact) mass is 349 g/mol. The maximum Gasteiger partial charge on any atom is 0.327 e. The third-order valence-electron chi connectivity index (χ3n) is 5.29. The van der Waals surface area contributed by atoms with Crippen molar-refractivity contribution >= 4 is 29.2 Å². The number of fused-ring (bicyclic) bond motifs is 1. The maximum atomic E-state index is 12.7. The van der Waals surface area contributed by atoms with Crippen molar-refractivity contribution in [3.05, 3.63) is 29.3 Å². The molecule has 1 aromatic rings. The fraction of sp³-hybridized carbons (Fsp3) is 0.529. The SMILES string of the molecule is CO[C@@H]1C[C@@H]2C(=O)N([C@@H]3CCN(c4ccc(Cl)cc4)C3)C(=O)N2C1. The van der Waals surface area contributed by atoms with E-state index in [4.69, 9.17) is 16.3 Å². The normalized spacial score (nSPS) is 29.8. The van der Waals surface area contributed by atoms with Crippen molar-refractivity contribution in [2.75, 3.05) is 31.6 Å². The first-order valence-corrected chi connectivity index (χ1v) is 8.63. The molecule has 6 nitrogen and oxygen atoms in total. The zero-order valence-corrected chi connectivity index (χ0v) is 14.3. The van der Waals surface area contributed by atoms with E-state index in [2.05, 4.69) is 4.90 Å². The number of urea groups is 1. The Bertz CT molecular complexity index is 642. The van der Waals surface area contributed by atoms with Gasteiger partial charge in [0.25, 0.3) is 5.91 Å². The molecule has 3 amide bonds. The van der Waals surface area contributed by atoms with Crippen molar-refractivity contribution in [2.24, 2.45) is 0 Å². The number of benzene rings is 1. The van der Waals surface area contributed by atoms with Gasteiger partial charge in [-0.25, -0.2) is 4.79 Å².